The Balaban J connectivity index is 2.35. The lowest BCUT2D eigenvalue weighted by molar-refractivity contribution is -0.144. The quantitative estimate of drug-likeness (QED) is 0.599. The Morgan fingerprint density at radius 2 is 1.95 bits per heavy atom. The summed E-state index contributed by atoms with van der Waals surface area (Å²) >= 11 is 12.1. The van der Waals surface area contributed by atoms with Crippen LogP contribution in [0.15, 0.2) is 18.2 Å². The normalized spacial score (nSPS) is 23.8. The van der Waals surface area contributed by atoms with Crippen LogP contribution in [0.2, 0.25) is 0 Å². The van der Waals surface area contributed by atoms with Gasteiger partial charge in [0.05, 0.1) is 12.2 Å². The van der Waals surface area contributed by atoms with Gasteiger partial charge in [0, 0.05) is 5.92 Å². The molecule has 116 valence electrons. The second kappa shape index (κ2) is 5.36. The molecular weight excluding hydrogens is 328 g/mol. The van der Waals surface area contributed by atoms with E-state index in [1.807, 2.05) is 0 Å². The first-order valence-electron chi connectivity index (χ1n) is 6.32. The summed E-state index contributed by atoms with van der Waals surface area (Å²) in [6, 6.07) is 3.57. The van der Waals surface area contributed by atoms with Crippen LogP contribution in [0.5, 0.6) is 0 Å². The fourth-order valence-electron chi connectivity index (χ4n) is 2.42. The van der Waals surface area contributed by atoms with E-state index < -0.39 is 33.9 Å². The number of aryl methyl sites for hydroxylation is 1. The first-order chi connectivity index (χ1) is 9.59. The van der Waals surface area contributed by atoms with Crippen LogP contribution >= 0.6 is 23.2 Å². The number of hydrogen-bond donors (Lipinski definition) is 0. The number of rotatable bonds is 3. The summed E-state index contributed by atoms with van der Waals surface area (Å²) in [7, 11) is 0. The van der Waals surface area contributed by atoms with Gasteiger partial charge in [0.25, 0.3) is 0 Å². The van der Waals surface area contributed by atoms with Gasteiger partial charge in [-0.1, -0.05) is 34.8 Å². The molecule has 1 fully saturated rings. The van der Waals surface area contributed by atoms with E-state index in [1.165, 1.54) is 0 Å². The van der Waals surface area contributed by atoms with Gasteiger partial charge in [0.1, 0.15) is 10.3 Å². The van der Waals surface area contributed by atoms with Crippen molar-refractivity contribution >= 4 is 29.2 Å². The van der Waals surface area contributed by atoms with E-state index in [2.05, 4.69) is 0 Å². The van der Waals surface area contributed by atoms with Crippen molar-refractivity contribution in [1.29, 1.82) is 0 Å². The Bertz CT molecular complexity index is 570. The van der Waals surface area contributed by atoms with Gasteiger partial charge >= 0.3 is 12.1 Å². The zero-order valence-electron chi connectivity index (χ0n) is 11.3. The highest BCUT2D eigenvalue weighted by Gasteiger charge is 2.68. The minimum absolute atomic E-state index is 0.160. The molecule has 1 aliphatic rings. The molecule has 0 aliphatic heterocycles. The lowest BCUT2D eigenvalue weighted by Gasteiger charge is -2.10. The van der Waals surface area contributed by atoms with Crippen LogP contribution in [0.25, 0.3) is 0 Å². The molecule has 0 amide bonds. The van der Waals surface area contributed by atoms with Crippen molar-refractivity contribution in [3.63, 3.8) is 0 Å². The number of benzene rings is 1. The van der Waals surface area contributed by atoms with Crippen molar-refractivity contribution < 1.29 is 22.7 Å². The molecule has 0 saturated heterocycles. The van der Waals surface area contributed by atoms with Crippen molar-refractivity contribution in [2.75, 3.05) is 6.61 Å². The first-order valence-corrected chi connectivity index (χ1v) is 7.07. The average Bonchev–Trinajstić information content (AvgIpc) is 2.90. The molecule has 2 nitrogen and oxygen atoms in total. The third-order valence-corrected chi connectivity index (χ3v) is 4.32. The summed E-state index contributed by atoms with van der Waals surface area (Å²) in [6.45, 7) is 3.34. The number of esters is 1. The molecule has 0 heterocycles. The average molecular weight is 341 g/mol. The van der Waals surface area contributed by atoms with Crippen molar-refractivity contribution in [2.24, 2.45) is 5.92 Å². The molecule has 7 heteroatoms. The van der Waals surface area contributed by atoms with E-state index in [-0.39, 0.29) is 6.61 Å². The van der Waals surface area contributed by atoms with Crippen molar-refractivity contribution in [3.05, 3.63) is 34.9 Å². The summed E-state index contributed by atoms with van der Waals surface area (Å²) in [5.74, 6) is -2.13. The Labute approximate surface area is 130 Å². The molecule has 21 heavy (non-hydrogen) atoms. The molecule has 0 unspecified atom stereocenters. The molecule has 1 aliphatic carbocycles. The molecule has 0 spiro atoms. The minimum Gasteiger partial charge on any atom is -0.466 e. The Morgan fingerprint density at radius 3 is 2.48 bits per heavy atom. The smallest absolute Gasteiger partial charge is 0.416 e. The number of carbonyl (C=O) groups excluding carboxylic acids is 1. The highest BCUT2D eigenvalue weighted by molar-refractivity contribution is 6.53. The van der Waals surface area contributed by atoms with Crippen molar-refractivity contribution in [3.8, 4) is 0 Å². The molecule has 0 bridgehead atoms. The maximum Gasteiger partial charge on any atom is 0.416 e. The number of carbonyl (C=O) groups is 1. The second-order valence-electron chi connectivity index (χ2n) is 5.01. The molecule has 0 N–H and O–H groups in total. The summed E-state index contributed by atoms with van der Waals surface area (Å²) in [5.41, 5.74) is -0.0556. The SMILES string of the molecule is CCOC(=O)[C@@H]1[C@@H](c2cc(C)cc(C(F)(F)F)c2)C1(Cl)Cl. The van der Waals surface area contributed by atoms with Gasteiger partial charge < -0.3 is 4.74 Å². The summed E-state index contributed by atoms with van der Waals surface area (Å²) in [4.78, 5) is 11.8. The van der Waals surface area contributed by atoms with Crippen molar-refractivity contribution in [2.45, 2.75) is 30.3 Å². The van der Waals surface area contributed by atoms with Gasteiger partial charge in [0.2, 0.25) is 0 Å². The second-order valence-corrected chi connectivity index (χ2v) is 6.46. The van der Waals surface area contributed by atoms with Crippen molar-refractivity contribution in [1.82, 2.24) is 0 Å². The topological polar surface area (TPSA) is 26.3 Å². The zero-order chi connectivity index (χ0) is 16.0. The van der Waals surface area contributed by atoms with E-state index in [0.29, 0.717) is 11.1 Å². The number of ether oxygens (including phenoxy) is 1. The van der Waals surface area contributed by atoms with Gasteiger partial charge in [-0.3, -0.25) is 4.79 Å². The van der Waals surface area contributed by atoms with E-state index in [0.717, 1.165) is 12.1 Å². The minimum atomic E-state index is -4.46. The molecule has 1 aromatic rings. The Kier molecular flexibility index (Phi) is 4.19. The third-order valence-electron chi connectivity index (χ3n) is 3.38. The number of halogens is 5. The predicted molar refractivity (Wildman–Crippen MR) is 73.5 cm³/mol. The molecule has 0 aromatic heterocycles. The fraction of sp³-hybridized carbons (Fsp3) is 0.500. The molecule has 1 saturated carbocycles. The van der Waals surface area contributed by atoms with Gasteiger partial charge in [-0.25, -0.2) is 0 Å². The fourth-order valence-corrected chi connectivity index (χ4v) is 3.23. The maximum absolute atomic E-state index is 12.8. The van der Waals surface area contributed by atoms with Gasteiger partial charge in [-0.15, -0.1) is 0 Å². The largest absolute Gasteiger partial charge is 0.466 e. The van der Waals surface area contributed by atoms with E-state index in [1.54, 1.807) is 19.9 Å². The van der Waals surface area contributed by atoms with Gasteiger partial charge in [-0.05, 0) is 31.5 Å². The third kappa shape index (κ3) is 3.14. The van der Waals surface area contributed by atoms with Gasteiger partial charge in [-0.2, -0.15) is 13.2 Å². The zero-order valence-corrected chi connectivity index (χ0v) is 12.8. The lowest BCUT2D eigenvalue weighted by Crippen LogP contribution is -2.10. The number of hydrogen-bond acceptors (Lipinski definition) is 2. The van der Waals surface area contributed by atoms with E-state index in [9.17, 15) is 18.0 Å². The summed E-state index contributed by atoms with van der Waals surface area (Å²) in [5, 5.41) is 0. The molecule has 0 radical (unpaired) electrons. The monoisotopic (exact) mass is 340 g/mol. The Hall–Kier alpha value is -0.940. The van der Waals surface area contributed by atoms with Crippen LogP contribution in [-0.2, 0) is 15.7 Å². The summed E-state index contributed by atoms with van der Waals surface area (Å²) < 4.78 is 42.0. The number of alkyl halides is 5. The molecular formula is C14H13Cl2F3O2. The highest BCUT2D eigenvalue weighted by atomic mass is 35.5. The predicted octanol–water partition coefficient (Wildman–Crippen LogP) is 4.46. The first kappa shape index (κ1) is 16.4. The highest BCUT2D eigenvalue weighted by Crippen LogP contribution is 2.65. The van der Waals surface area contributed by atoms with Crippen LogP contribution in [0.1, 0.15) is 29.5 Å². The maximum atomic E-state index is 12.8. The Morgan fingerprint density at radius 1 is 1.33 bits per heavy atom. The lowest BCUT2D eigenvalue weighted by atomic mass is 10.0. The van der Waals surface area contributed by atoms with Crippen LogP contribution in [0.3, 0.4) is 0 Å². The van der Waals surface area contributed by atoms with Gasteiger partial charge in [0.15, 0.2) is 0 Å². The molecule has 1 aromatic carbocycles. The van der Waals surface area contributed by atoms with Crippen LogP contribution in [0.4, 0.5) is 13.2 Å². The van der Waals surface area contributed by atoms with E-state index in [4.69, 9.17) is 27.9 Å². The van der Waals surface area contributed by atoms with Crippen LogP contribution < -0.4 is 0 Å². The van der Waals surface area contributed by atoms with Crippen LogP contribution in [-0.4, -0.2) is 16.9 Å². The van der Waals surface area contributed by atoms with Crippen LogP contribution in [0, 0.1) is 12.8 Å². The van der Waals surface area contributed by atoms with E-state index >= 15 is 0 Å². The standard InChI is InChI=1S/C14H13Cl2F3O2/c1-3-21-12(20)11-10(13(11,15)16)8-4-7(2)5-9(6-8)14(17,18)19/h4-6,10-11H,3H2,1-2H3/t10-,11+/m1/s1. The molecule has 2 atom stereocenters. The summed E-state index contributed by atoms with van der Waals surface area (Å²) in [6.07, 6.45) is -4.46. The molecule has 2 rings (SSSR count).